The van der Waals surface area contributed by atoms with Gasteiger partial charge < -0.3 is 5.32 Å². The van der Waals surface area contributed by atoms with E-state index in [1.165, 1.54) is 31.4 Å². The minimum atomic E-state index is -0.383. The molecule has 3 aliphatic carbocycles. The highest BCUT2D eigenvalue weighted by molar-refractivity contribution is 6.42. The van der Waals surface area contributed by atoms with Crippen LogP contribution in [0.5, 0.6) is 0 Å². The molecular weight excluding hydrogens is 372 g/mol. The van der Waals surface area contributed by atoms with Gasteiger partial charge in [-0.05, 0) is 74.8 Å². The topological polar surface area (TPSA) is 29.1 Å². The second-order valence-corrected chi connectivity index (χ2v) is 9.18. The molecular formula is C21H26Cl2FNO. The summed E-state index contributed by atoms with van der Waals surface area (Å²) in [5.74, 6) is 1.64. The Kier molecular flexibility index (Phi) is 5.48. The molecule has 1 aromatic carbocycles. The fourth-order valence-corrected chi connectivity index (χ4v) is 5.50. The van der Waals surface area contributed by atoms with Crippen molar-refractivity contribution in [3.05, 3.63) is 33.6 Å². The van der Waals surface area contributed by atoms with Crippen molar-refractivity contribution in [1.29, 1.82) is 0 Å². The second kappa shape index (κ2) is 7.67. The summed E-state index contributed by atoms with van der Waals surface area (Å²) in [6.45, 7) is 0. The van der Waals surface area contributed by atoms with Crippen LogP contribution in [0.15, 0.2) is 12.1 Å². The number of nitrogens with one attached hydrogen (secondary N) is 1. The van der Waals surface area contributed by atoms with Crippen LogP contribution >= 0.6 is 23.2 Å². The minimum absolute atomic E-state index is 0.0531. The lowest BCUT2D eigenvalue weighted by molar-refractivity contribution is -0.126. The predicted octanol–water partition coefficient (Wildman–Crippen LogP) is 6.31. The summed E-state index contributed by atoms with van der Waals surface area (Å²) in [5, 5.41) is 3.78. The Hall–Kier alpha value is -0.800. The highest BCUT2D eigenvalue weighted by Crippen LogP contribution is 2.51. The molecule has 4 atom stereocenters. The molecule has 0 aromatic heterocycles. The molecule has 0 heterocycles. The number of carbonyl (C=O) groups excluding carboxylic acids is 1. The molecule has 3 fully saturated rings. The number of halogens is 3. The van der Waals surface area contributed by atoms with E-state index >= 15 is 0 Å². The van der Waals surface area contributed by atoms with Crippen molar-refractivity contribution in [1.82, 2.24) is 5.32 Å². The molecule has 4 rings (SSSR count). The third kappa shape index (κ3) is 3.75. The lowest BCUT2D eigenvalue weighted by Crippen LogP contribution is -2.37. The van der Waals surface area contributed by atoms with E-state index in [0.717, 1.165) is 50.4 Å². The van der Waals surface area contributed by atoms with Gasteiger partial charge in [0.2, 0.25) is 5.91 Å². The minimum Gasteiger partial charge on any atom is -0.349 e. The van der Waals surface area contributed by atoms with Crippen LogP contribution in [0.2, 0.25) is 10.0 Å². The third-order valence-electron chi connectivity index (χ3n) is 6.77. The normalized spacial score (nSPS) is 29.7. The van der Waals surface area contributed by atoms with Gasteiger partial charge in [-0.25, -0.2) is 4.39 Å². The van der Waals surface area contributed by atoms with E-state index in [1.54, 1.807) is 0 Å². The van der Waals surface area contributed by atoms with E-state index in [0.29, 0.717) is 10.6 Å². The van der Waals surface area contributed by atoms with E-state index in [9.17, 15) is 9.18 Å². The first kappa shape index (κ1) is 18.6. The van der Waals surface area contributed by atoms with Crippen molar-refractivity contribution in [2.75, 3.05) is 0 Å². The Morgan fingerprint density at radius 3 is 2.35 bits per heavy atom. The summed E-state index contributed by atoms with van der Waals surface area (Å²) in [4.78, 5) is 12.8. The smallest absolute Gasteiger partial charge is 0.223 e. The Balaban J connectivity index is 1.62. The van der Waals surface area contributed by atoms with E-state index < -0.39 is 0 Å². The molecule has 0 bridgehead atoms. The lowest BCUT2D eigenvalue weighted by atomic mass is 9.85. The molecule has 3 saturated carbocycles. The number of rotatable bonds is 4. The average Bonchev–Trinajstić information content (AvgIpc) is 3.19. The summed E-state index contributed by atoms with van der Waals surface area (Å²) in [5.41, 5.74) is 0.381. The summed E-state index contributed by atoms with van der Waals surface area (Å²) in [6.07, 6.45) is 9.77. The SMILES string of the molecule is O=C(N[C@H](c1c(F)ccc(Cl)c1Cl)C1CC[C@@H]2C[C@@H]2CC1)C1CCCC1. The van der Waals surface area contributed by atoms with E-state index in [4.69, 9.17) is 23.2 Å². The summed E-state index contributed by atoms with van der Waals surface area (Å²) >= 11 is 12.6. The largest absolute Gasteiger partial charge is 0.349 e. The van der Waals surface area contributed by atoms with Crippen LogP contribution in [0.3, 0.4) is 0 Å². The molecule has 0 spiro atoms. The van der Waals surface area contributed by atoms with Gasteiger partial charge in [0, 0.05) is 11.5 Å². The Bertz CT molecular complexity index is 677. The molecule has 1 unspecified atom stereocenters. The van der Waals surface area contributed by atoms with Gasteiger partial charge in [0.05, 0.1) is 16.1 Å². The van der Waals surface area contributed by atoms with Crippen molar-refractivity contribution in [2.45, 2.75) is 63.8 Å². The molecule has 0 aliphatic heterocycles. The average molecular weight is 398 g/mol. The second-order valence-electron chi connectivity index (χ2n) is 8.40. The zero-order valence-electron chi connectivity index (χ0n) is 14.9. The third-order valence-corrected chi connectivity index (χ3v) is 7.59. The van der Waals surface area contributed by atoms with Crippen molar-refractivity contribution < 1.29 is 9.18 Å². The fourth-order valence-electron chi connectivity index (χ4n) is 5.06. The first-order valence-corrected chi connectivity index (χ1v) is 10.7. The van der Waals surface area contributed by atoms with Crippen molar-refractivity contribution >= 4 is 29.1 Å². The zero-order chi connectivity index (χ0) is 18.3. The van der Waals surface area contributed by atoms with Crippen LogP contribution in [0, 0.1) is 29.5 Å². The highest BCUT2D eigenvalue weighted by Gasteiger charge is 2.42. The number of hydrogen-bond donors (Lipinski definition) is 1. The summed E-state index contributed by atoms with van der Waals surface area (Å²) in [6, 6.07) is 2.47. The number of fused-ring (bicyclic) bond motifs is 1. The Labute approximate surface area is 164 Å². The number of carbonyl (C=O) groups is 1. The van der Waals surface area contributed by atoms with Crippen LogP contribution in [0.25, 0.3) is 0 Å². The Morgan fingerprint density at radius 2 is 1.69 bits per heavy atom. The molecule has 1 aromatic rings. The van der Waals surface area contributed by atoms with Gasteiger partial charge in [0.1, 0.15) is 5.82 Å². The maximum Gasteiger partial charge on any atom is 0.223 e. The first-order valence-electron chi connectivity index (χ1n) is 9.98. The lowest BCUT2D eigenvalue weighted by Gasteiger charge is -2.30. The molecule has 26 heavy (non-hydrogen) atoms. The van der Waals surface area contributed by atoms with Gasteiger partial charge in [-0.2, -0.15) is 0 Å². The standard InChI is InChI=1S/C21H26Cl2FNO/c22-16-9-10-17(24)18(19(16)23)20(25-21(26)13-3-1-2-4-13)12-5-7-14-11-15(14)8-6-12/h9-10,12-15,20H,1-8,11H2,(H,25,26)/t12?,14-,15+,20-/m0/s1. The van der Waals surface area contributed by atoms with Crippen molar-refractivity contribution in [3.8, 4) is 0 Å². The number of amides is 1. The molecule has 5 heteroatoms. The molecule has 142 valence electrons. The maximum atomic E-state index is 14.8. The van der Waals surface area contributed by atoms with Gasteiger partial charge in [-0.1, -0.05) is 36.0 Å². The monoisotopic (exact) mass is 397 g/mol. The number of hydrogen-bond acceptors (Lipinski definition) is 1. The molecule has 1 amide bonds. The predicted molar refractivity (Wildman–Crippen MR) is 103 cm³/mol. The Morgan fingerprint density at radius 1 is 1.04 bits per heavy atom. The van der Waals surface area contributed by atoms with Crippen LogP contribution in [-0.2, 0) is 4.79 Å². The number of benzene rings is 1. The van der Waals surface area contributed by atoms with Crippen LogP contribution in [0.1, 0.15) is 69.4 Å². The van der Waals surface area contributed by atoms with Crippen LogP contribution in [-0.4, -0.2) is 5.91 Å². The molecule has 2 nitrogen and oxygen atoms in total. The quantitative estimate of drug-likeness (QED) is 0.592. The molecule has 1 N–H and O–H groups in total. The summed E-state index contributed by atoms with van der Waals surface area (Å²) < 4.78 is 14.8. The van der Waals surface area contributed by atoms with Gasteiger partial charge in [0.15, 0.2) is 0 Å². The molecule has 0 saturated heterocycles. The van der Waals surface area contributed by atoms with Crippen LogP contribution in [0.4, 0.5) is 4.39 Å². The van der Waals surface area contributed by atoms with Crippen molar-refractivity contribution in [2.24, 2.45) is 23.7 Å². The summed E-state index contributed by atoms with van der Waals surface area (Å²) in [7, 11) is 0. The van der Waals surface area contributed by atoms with Crippen LogP contribution < -0.4 is 5.32 Å². The van der Waals surface area contributed by atoms with Gasteiger partial charge in [-0.3, -0.25) is 4.79 Å². The van der Waals surface area contributed by atoms with E-state index in [1.807, 2.05) is 0 Å². The van der Waals surface area contributed by atoms with E-state index in [2.05, 4.69) is 5.32 Å². The highest BCUT2D eigenvalue weighted by atomic mass is 35.5. The van der Waals surface area contributed by atoms with E-state index in [-0.39, 0.29) is 34.6 Å². The first-order chi connectivity index (χ1) is 12.5. The van der Waals surface area contributed by atoms with Gasteiger partial charge >= 0.3 is 0 Å². The fraction of sp³-hybridized carbons (Fsp3) is 0.667. The maximum absolute atomic E-state index is 14.8. The zero-order valence-corrected chi connectivity index (χ0v) is 16.5. The molecule has 3 aliphatic rings. The van der Waals surface area contributed by atoms with Gasteiger partial charge in [0.25, 0.3) is 0 Å². The van der Waals surface area contributed by atoms with Crippen molar-refractivity contribution in [3.63, 3.8) is 0 Å². The van der Waals surface area contributed by atoms with Gasteiger partial charge in [-0.15, -0.1) is 0 Å². The molecule has 0 radical (unpaired) electrons.